The van der Waals surface area contributed by atoms with E-state index in [0.29, 0.717) is 11.5 Å². The van der Waals surface area contributed by atoms with Crippen LogP contribution in [-0.4, -0.2) is 15.3 Å². The van der Waals surface area contributed by atoms with Gasteiger partial charge in [0.05, 0.1) is 11.5 Å². The molecule has 0 atom stereocenters. The highest BCUT2D eigenvalue weighted by atomic mass is 16.6. The summed E-state index contributed by atoms with van der Waals surface area (Å²) >= 11 is 0. The van der Waals surface area contributed by atoms with Crippen molar-refractivity contribution in [1.82, 2.24) is 4.57 Å². The minimum absolute atomic E-state index is 0.0339. The average Bonchev–Trinajstić information content (AvgIpc) is 2.99. The van der Waals surface area contributed by atoms with E-state index in [0.717, 1.165) is 30.4 Å². The van der Waals surface area contributed by atoms with E-state index in [-0.39, 0.29) is 18.0 Å². The number of unbranched alkanes of at least 4 members (excludes halogenated alkanes) is 4. The number of rotatable bonds is 10. The summed E-state index contributed by atoms with van der Waals surface area (Å²) in [5.41, 5.74) is 8.75. The molecular weight excluding hydrogens is 368 g/mol. The summed E-state index contributed by atoms with van der Waals surface area (Å²) in [6.45, 7) is 3.10. The van der Waals surface area contributed by atoms with Crippen LogP contribution in [0.3, 0.4) is 0 Å². The number of non-ortho nitro benzene ring substituents is 1. The summed E-state index contributed by atoms with van der Waals surface area (Å²) in [6, 6.07) is 13.6. The Kier molecular flexibility index (Phi) is 6.59. The standard InChI is InChI=1S/C22H26N4O3/c1-2-3-4-5-8-15-24-19-9-6-7-10-20(19)25(22(24)23)16-21(27)17-11-13-18(14-12-17)26(28)29/h6-7,9-14,23H,2-5,8,15-16H2,1H3/p+1. The van der Waals surface area contributed by atoms with Crippen LogP contribution in [0.2, 0.25) is 0 Å². The molecular formula is C22H27N4O3+. The van der Waals surface area contributed by atoms with Crippen LogP contribution in [0, 0.1) is 10.1 Å². The normalized spacial score (nSPS) is 11.1. The topological polar surface area (TPSA) is 95.0 Å². The lowest BCUT2D eigenvalue weighted by atomic mass is 10.1. The van der Waals surface area contributed by atoms with Crippen LogP contribution in [0.1, 0.15) is 49.4 Å². The van der Waals surface area contributed by atoms with Crippen LogP contribution in [-0.2, 0) is 13.1 Å². The Bertz CT molecular complexity index is 1010. The van der Waals surface area contributed by atoms with E-state index >= 15 is 0 Å². The molecule has 0 aliphatic rings. The number of aryl methyl sites for hydroxylation is 1. The number of hydrogen-bond acceptors (Lipinski definition) is 4. The molecule has 2 N–H and O–H groups in total. The molecule has 0 unspecified atom stereocenters. The molecule has 152 valence electrons. The first-order valence-electron chi connectivity index (χ1n) is 10.1. The van der Waals surface area contributed by atoms with Crippen molar-refractivity contribution in [3.05, 3.63) is 64.2 Å². The molecule has 1 aromatic heterocycles. The zero-order chi connectivity index (χ0) is 20.8. The molecule has 0 saturated heterocycles. The fraction of sp³-hybridized carbons (Fsp3) is 0.364. The molecule has 0 bridgehead atoms. The Balaban J connectivity index is 1.82. The number of Topliss-reactive ketones (excluding diaryl/α,β-unsaturated/α-hetero) is 1. The largest absolute Gasteiger partial charge is 0.356 e. The summed E-state index contributed by atoms with van der Waals surface area (Å²) in [5.74, 6) is 0.416. The van der Waals surface area contributed by atoms with Gasteiger partial charge in [0.15, 0.2) is 5.78 Å². The van der Waals surface area contributed by atoms with Gasteiger partial charge in [-0.1, -0.05) is 44.7 Å². The molecule has 2 aromatic carbocycles. The van der Waals surface area contributed by atoms with Crippen LogP contribution >= 0.6 is 0 Å². The van der Waals surface area contributed by atoms with Crippen molar-refractivity contribution in [2.24, 2.45) is 0 Å². The zero-order valence-corrected chi connectivity index (χ0v) is 16.7. The number of hydrogen-bond donors (Lipinski definition) is 1. The molecule has 0 amide bonds. The quantitative estimate of drug-likeness (QED) is 0.182. The summed E-state index contributed by atoms with van der Waals surface area (Å²) < 4.78 is 3.90. The van der Waals surface area contributed by atoms with Gasteiger partial charge in [0.25, 0.3) is 5.69 Å². The maximum atomic E-state index is 12.8. The Morgan fingerprint density at radius 2 is 1.76 bits per heavy atom. The monoisotopic (exact) mass is 395 g/mol. The fourth-order valence-electron chi connectivity index (χ4n) is 3.59. The van der Waals surface area contributed by atoms with Crippen LogP contribution in [0.15, 0.2) is 48.5 Å². The number of nitro groups is 1. The van der Waals surface area contributed by atoms with E-state index in [1.54, 1.807) is 0 Å². The van der Waals surface area contributed by atoms with Crippen molar-refractivity contribution in [2.45, 2.75) is 52.1 Å². The van der Waals surface area contributed by atoms with Gasteiger partial charge in [-0.25, -0.2) is 9.13 Å². The van der Waals surface area contributed by atoms with Gasteiger partial charge in [0, 0.05) is 17.7 Å². The third-order valence-electron chi connectivity index (χ3n) is 5.20. The number of imidazole rings is 1. The number of nitrogens with zero attached hydrogens (tertiary/aromatic N) is 3. The third-order valence-corrected chi connectivity index (χ3v) is 5.20. The van der Waals surface area contributed by atoms with Gasteiger partial charge in [-0.2, -0.15) is 0 Å². The van der Waals surface area contributed by atoms with Crippen molar-refractivity contribution in [3.63, 3.8) is 0 Å². The molecule has 0 saturated carbocycles. The van der Waals surface area contributed by atoms with Crippen LogP contribution in [0.25, 0.3) is 11.0 Å². The second-order valence-electron chi connectivity index (χ2n) is 7.23. The second kappa shape index (κ2) is 9.32. The Morgan fingerprint density at radius 1 is 1.07 bits per heavy atom. The molecule has 7 nitrogen and oxygen atoms in total. The number of nitro benzene ring substituents is 1. The number of nitrogens with two attached hydrogens (primary N) is 1. The van der Waals surface area contributed by atoms with Crippen molar-refractivity contribution in [3.8, 4) is 0 Å². The van der Waals surface area contributed by atoms with Gasteiger partial charge in [-0.3, -0.25) is 20.6 Å². The van der Waals surface area contributed by atoms with Crippen molar-refractivity contribution >= 4 is 28.5 Å². The first-order chi connectivity index (χ1) is 14.0. The predicted octanol–water partition coefficient (Wildman–Crippen LogP) is 4.27. The number of benzene rings is 2. The average molecular weight is 395 g/mol. The Hall–Kier alpha value is -3.22. The molecule has 0 fully saturated rings. The minimum atomic E-state index is -0.477. The molecule has 7 heteroatoms. The highest BCUT2D eigenvalue weighted by Crippen LogP contribution is 2.18. The number of anilines is 1. The van der Waals surface area contributed by atoms with Gasteiger partial charge in [-0.15, -0.1) is 0 Å². The summed E-state index contributed by atoms with van der Waals surface area (Å²) in [6.07, 6.45) is 5.86. The van der Waals surface area contributed by atoms with Crippen molar-refractivity contribution < 1.29 is 14.3 Å². The molecule has 3 aromatic rings. The molecule has 3 rings (SSSR count). The van der Waals surface area contributed by atoms with E-state index in [1.807, 2.05) is 28.8 Å². The smallest absolute Gasteiger partial charge is 0.291 e. The van der Waals surface area contributed by atoms with Crippen molar-refractivity contribution in [1.29, 1.82) is 0 Å². The van der Waals surface area contributed by atoms with Crippen LogP contribution < -0.4 is 10.3 Å². The number of para-hydroxylation sites is 2. The number of ketones is 1. The lowest BCUT2D eigenvalue weighted by Crippen LogP contribution is -2.40. The highest BCUT2D eigenvalue weighted by Gasteiger charge is 2.23. The number of nitrogen functional groups attached to an aromatic ring is 1. The van der Waals surface area contributed by atoms with E-state index in [4.69, 9.17) is 5.73 Å². The van der Waals surface area contributed by atoms with Crippen LogP contribution in [0.5, 0.6) is 0 Å². The summed E-state index contributed by atoms with van der Waals surface area (Å²) in [7, 11) is 0. The number of carbonyl (C=O) groups is 1. The van der Waals surface area contributed by atoms with E-state index in [1.165, 1.54) is 43.5 Å². The predicted molar refractivity (Wildman–Crippen MR) is 113 cm³/mol. The molecule has 0 spiro atoms. The van der Waals surface area contributed by atoms with E-state index in [2.05, 4.69) is 11.5 Å². The van der Waals surface area contributed by atoms with Gasteiger partial charge >= 0.3 is 5.95 Å². The lowest BCUT2D eigenvalue weighted by Gasteiger charge is -2.03. The second-order valence-corrected chi connectivity index (χ2v) is 7.23. The summed E-state index contributed by atoms with van der Waals surface area (Å²) in [5, 5.41) is 10.8. The first kappa shape index (κ1) is 20.5. The first-order valence-corrected chi connectivity index (χ1v) is 10.1. The fourth-order valence-corrected chi connectivity index (χ4v) is 3.59. The SMILES string of the molecule is CCCCCCCn1c(N)[n+](CC(=O)c2ccc([N+](=O)[O-])cc2)c2ccccc21. The van der Waals surface area contributed by atoms with Gasteiger partial charge in [0.2, 0.25) is 0 Å². The lowest BCUT2D eigenvalue weighted by molar-refractivity contribution is -0.642. The molecule has 0 radical (unpaired) electrons. The van der Waals surface area contributed by atoms with Gasteiger partial charge in [0.1, 0.15) is 17.6 Å². The molecule has 1 heterocycles. The molecule has 0 aliphatic heterocycles. The summed E-state index contributed by atoms with van der Waals surface area (Å²) in [4.78, 5) is 23.1. The molecule has 0 aliphatic carbocycles. The number of fused-ring (bicyclic) bond motifs is 1. The van der Waals surface area contributed by atoms with E-state index < -0.39 is 4.92 Å². The molecule has 29 heavy (non-hydrogen) atoms. The Labute approximate surface area is 169 Å². The Morgan fingerprint density at radius 3 is 2.45 bits per heavy atom. The maximum Gasteiger partial charge on any atom is 0.356 e. The zero-order valence-electron chi connectivity index (χ0n) is 16.7. The third kappa shape index (κ3) is 4.62. The van der Waals surface area contributed by atoms with Gasteiger partial charge < -0.3 is 0 Å². The van der Waals surface area contributed by atoms with E-state index in [9.17, 15) is 14.9 Å². The minimum Gasteiger partial charge on any atom is -0.291 e. The van der Waals surface area contributed by atoms with Crippen molar-refractivity contribution in [2.75, 3.05) is 5.73 Å². The number of aromatic nitrogens is 2. The highest BCUT2D eigenvalue weighted by molar-refractivity contribution is 5.95. The van der Waals surface area contributed by atoms with Gasteiger partial charge in [-0.05, 0) is 30.7 Å². The number of carbonyl (C=O) groups excluding carboxylic acids is 1. The van der Waals surface area contributed by atoms with Crippen LogP contribution in [0.4, 0.5) is 11.6 Å². The maximum absolute atomic E-state index is 12.8.